The summed E-state index contributed by atoms with van der Waals surface area (Å²) < 4.78 is 100. The van der Waals surface area contributed by atoms with Crippen molar-refractivity contribution < 1.29 is 45.4 Å². The number of carboxylic acid groups (broad SMARTS) is 1. The predicted molar refractivity (Wildman–Crippen MR) is 108 cm³/mol. The number of aromatic carboxylic acids is 1. The average molecular weight is 487 g/mol. The normalized spacial score (nSPS) is 11.9. The molecule has 0 fully saturated rings. The van der Waals surface area contributed by atoms with Gasteiger partial charge < -0.3 is 15.2 Å². The minimum absolute atomic E-state index is 0.00504. The van der Waals surface area contributed by atoms with Crippen LogP contribution in [0.25, 0.3) is 0 Å². The Morgan fingerprint density at radius 1 is 0.912 bits per heavy atom. The van der Waals surface area contributed by atoms with Crippen LogP contribution in [0.15, 0.2) is 54.6 Å². The molecule has 0 aliphatic rings. The van der Waals surface area contributed by atoms with Gasteiger partial charge in [0.05, 0.1) is 16.7 Å². The molecular formula is C23H16F7NO3. The lowest BCUT2D eigenvalue weighted by molar-refractivity contribution is -0.143. The number of carbonyl (C=O) groups is 1. The number of hydrogen-bond acceptors (Lipinski definition) is 3. The number of benzene rings is 3. The Hall–Kier alpha value is -3.76. The Kier molecular flexibility index (Phi) is 6.76. The molecule has 0 aliphatic carbocycles. The number of halogens is 7. The molecule has 3 rings (SSSR count). The average Bonchev–Trinajstić information content (AvgIpc) is 2.73. The minimum Gasteiger partial charge on any atom is -0.478 e. The van der Waals surface area contributed by atoms with Gasteiger partial charge in [0.1, 0.15) is 17.3 Å². The molecule has 0 aliphatic heterocycles. The molecule has 180 valence electrons. The van der Waals surface area contributed by atoms with Crippen LogP contribution in [0.4, 0.5) is 36.4 Å². The van der Waals surface area contributed by atoms with E-state index in [2.05, 4.69) is 5.32 Å². The number of rotatable bonds is 6. The number of ether oxygens (including phenoxy) is 1. The van der Waals surface area contributed by atoms with Crippen LogP contribution in [0.5, 0.6) is 11.5 Å². The quantitative estimate of drug-likeness (QED) is 0.359. The van der Waals surface area contributed by atoms with Crippen LogP contribution in [0.1, 0.15) is 32.6 Å². The van der Waals surface area contributed by atoms with Crippen molar-refractivity contribution in [3.63, 3.8) is 0 Å². The fourth-order valence-corrected chi connectivity index (χ4v) is 3.10. The Morgan fingerprint density at radius 2 is 1.56 bits per heavy atom. The van der Waals surface area contributed by atoms with Crippen LogP contribution < -0.4 is 10.1 Å². The van der Waals surface area contributed by atoms with Gasteiger partial charge in [0, 0.05) is 17.8 Å². The second kappa shape index (κ2) is 9.24. The SMILES string of the molecule is Cc1cc(F)ccc1Oc1cc(C(F)(F)F)cc(C(F)(F)F)c1CNc1ccc(C(=O)O)cc1. The first kappa shape index (κ1) is 24.9. The Balaban J connectivity index is 2.09. The third-order valence-electron chi connectivity index (χ3n) is 4.80. The van der Waals surface area contributed by atoms with Crippen LogP contribution in [0, 0.1) is 12.7 Å². The summed E-state index contributed by atoms with van der Waals surface area (Å²) in [7, 11) is 0. The molecule has 0 atom stereocenters. The third kappa shape index (κ3) is 5.77. The number of carboxylic acids is 1. The van der Waals surface area contributed by atoms with Gasteiger partial charge in [0.15, 0.2) is 0 Å². The van der Waals surface area contributed by atoms with Gasteiger partial charge in [-0.3, -0.25) is 0 Å². The molecule has 2 N–H and O–H groups in total. The maximum absolute atomic E-state index is 13.8. The zero-order valence-corrected chi connectivity index (χ0v) is 17.3. The third-order valence-corrected chi connectivity index (χ3v) is 4.80. The van der Waals surface area contributed by atoms with Crippen molar-refractivity contribution in [1.82, 2.24) is 0 Å². The van der Waals surface area contributed by atoms with Crippen LogP contribution in [-0.2, 0) is 18.9 Å². The Bertz CT molecular complexity index is 1200. The summed E-state index contributed by atoms with van der Waals surface area (Å²) >= 11 is 0. The highest BCUT2D eigenvalue weighted by atomic mass is 19.4. The molecule has 0 aromatic heterocycles. The first-order valence-electron chi connectivity index (χ1n) is 9.58. The zero-order valence-electron chi connectivity index (χ0n) is 17.3. The highest BCUT2D eigenvalue weighted by Gasteiger charge is 2.40. The van der Waals surface area contributed by atoms with Gasteiger partial charge in [-0.05, 0) is 67.1 Å². The van der Waals surface area contributed by atoms with Gasteiger partial charge in [-0.25, -0.2) is 9.18 Å². The summed E-state index contributed by atoms with van der Waals surface area (Å²) in [5.41, 5.74) is -3.43. The summed E-state index contributed by atoms with van der Waals surface area (Å²) in [5.74, 6) is -2.71. The molecule has 0 saturated carbocycles. The Morgan fingerprint density at radius 3 is 2.09 bits per heavy atom. The predicted octanol–water partition coefficient (Wildman–Crippen LogP) is 7.27. The molecule has 4 nitrogen and oxygen atoms in total. The van der Waals surface area contributed by atoms with Gasteiger partial charge >= 0.3 is 18.3 Å². The molecule has 34 heavy (non-hydrogen) atoms. The number of nitrogens with one attached hydrogen (secondary N) is 1. The van der Waals surface area contributed by atoms with Gasteiger partial charge in [-0.15, -0.1) is 0 Å². The van der Waals surface area contributed by atoms with Crippen molar-refractivity contribution in [3.05, 3.63) is 88.2 Å². The molecule has 3 aromatic carbocycles. The molecular weight excluding hydrogens is 471 g/mol. The van der Waals surface area contributed by atoms with E-state index in [9.17, 15) is 35.5 Å². The lowest BCUT2D eigenvalue weighted by Gasteiger charge is -2.21. The summed E-state index contributed by atoms with van der Waals surface area (Å²) in [6, 6.07) is 8.54. The van der Waals surface area contributed by atoms with Crippen molar-refractivity contribution in [2.75, 3.05) is 5.32 Å². The molecule has 0 unspecified atom stereocenters. The maximum Gasteiger partial charge on any atom is 0.416 e. The second-order valence-electron chi connectivity index (χ2n) is 7.24. The summed E-state index contributed by atoms with van der Waals surface area (Å²) in [4.78, 5) is 10.9. The molecule has 0 saturated heterocycles. The van der Waals surface area contributed by atoms with Gasteiger partial charge in [0.2, 0.25) is 0 Å². The van der Waals surface area contributed by atoms with E-state index in [0.717, 1.165) is 18.2 Å². The maximum atomic E-state index is 13.8. The van der Waals surface area contributed by atoms with Crippen LogP contribution in [0.2, 0.25) is 0 Å². The highest BCUT2D eigenvalue weighted by Crippen LogP contribution is 2.43. The lowest BCUT2D eigenvalue weighted by atomic mass is 10.0. The van der Waals surface area contributed by atoms with Crippen molar-refractivity contribution in [2.45, 2.75) is 25.8 Å². The van der Waals surface area contributed by atoms with Crippen molar-refractivity contribution >= 4 is 11.7 Å². The first-order chi connectivity index (χ1) is 15.8. The van der Waals surface area contributed by atoms with E-state index >= 15 is 0 Å². The fraction of sp³-hybridized carbons (Fsp3) is 0.174. The molecule has 11 heteroatoms. The molecule has 3 aromatic rings. The van der Waals surface area contributed by atoms with Crippen molar-refractivity contribution in [3.8, 4) is 11.5 Å². The largest absolute Gasteiger partial charge is 0.478 e. The topological polar surface area (TPSA) is 58.6 Å². The summed E-state index contributed by atoms with van der Waals surface area (Å²) in [6.45, 7) is 0.785. The van der Waals surface area contributed by atoms with E-state index in [1.807, 2.05) is 0 Å². The van der Waals surface area contributed by atoms with Crippen LogP contribution >= 0.6 is 0 Å². The van der Waals surface area contributed by atoms with E-state index in [-0.39, 0.29) is 28.6 Å². The number of aryl methyl sites for hydroxylation is 1. The minimum atomic E-state index is -5.15. The lowest BCUT2D eigenvalue weighted by Crippen LogP contribution is -2.16. The zero-order chi connectivity index (χ0) is 25.3. The summed E-state index contributed by atoms with van der Waals surface area (Å²) in [6.07, 6.45) is -10.2. The number of hydrogen-bond donors (Lipinski definition) is 2. The molecule has 0 radical (unpaired) electrons. The van der Waals surface area contributed by atoms with Gasteiger partial charge in [-0.2, -0.15) is 26.3 Å². The number of anilines is 1. The van der Waals surface area contributed by atoms with E-state index < -0.39 is 53.1 Å². The molecule has 0 bridgehead atoms. The van der Waals surface area contributed by atoms with E-state index in [1.54, 1.807) is 0 Å². The molecule has 0 amide bonds. The van der Waals surface area contributed by atoms with E-state index in [0.29, 0.717) is 6.07 Å². The second-order valence-corrected chi connectivity index (χ2v) is 7.24. The van der Waals surface area contributed by atoms with E-state index in [4.69, 9.17) is 9.84 Å². The smallest absolute Gasteiger partial charge is 0.416 e. The van der Waals surface area contributed by atoms with Gasteiger partial charge in [-0.1, -0.05) is 0 Å². The van der Waals surface area contributed by atoms with Gasteiger partial charge in [0.25, 0.3) is 0 Å². The van der Waals surface area contributed by atoms with Crippen LogP contribution in [-0.4, -0.2) is 11.1 Å². The molecule has 0 heterocycles. The highest BCUT2D eigenvalue weighted by molar-refractivity contribution is 5.88. The van der Waals surface area contributed by atoms with Crippen LogP contribution in [0.3, 0.4) is 0 Å². The van der Waals surface area contributed by atoms with E-state index in [1.165, 1.54) is 31.2 Å². The van der Waals surface area contributed by atoms with Crippen molar-refractivity contribution in [1.29, 1.82) is 0 Å². The number of alkyl halides is 6. The summed E-state index contributed by atoms with van der Waals surface area (Å²) in [5, 5.41) is 11.6. The standard InChI is InChI=1S/C23H16F7NO3/c1-12-8-15(24)4-7-19(12)34-20-10-14(22(25,26)27)9-18(23(28,29)30)17(20)11-31-16-5-2-13(3-6-16)21(32)33/h2-10,31H,11H2,1H3,(H,32,33). The fourth-order valence-electron chi connectivity index (χ4n) is 3.10. The first-order valence-corrected chi connectivity index (χ1v) is 9.58. The monoisotopic (exact) mass is 487 g/mol. The molecule has 0 spiro atoms. The Labute approximate surface area is 188 Å². The van der Waals surface area contributed by atoms with Crippen molar-refractivity contribution in [2.24, 2.45) is 0 Å².